The molecule has 2 aromatic carbocycles. The third kappa shape index (κ3) is 6.02. The Morgan fingerprint density at radius 2 is 1.77 bits per heavy atom. The molecule has 1 heterocycles. The van der Waals surface area contributed by atoms with Gasteiger partial charge in [-0.3, -0.25) is 0 Å². The number of hydrogen-bond donors (Lipinski definition) is 2. The molecule has 0 saturated heterocycles. The molecule has 2 N–H and O–H groups in total. The second kappa shape index (κ2) is 11.4. The van der Waals surface area contributed by atoms with Gasteiger partial charge in [-0.25, -0.2) is 4.79 Å². The van der Waals surface area contributed by atoms with Crippen LogP contribution < -0.4 is 24.8 Å². The lowest BCUT2D eigenvalue weighted by Gasteiger charge is -2.30. The second-order valence-corrected chi connectivity index (χ2v) is 6.88. The van der Waals surface area contributed by atoms with Gasteiger partial charge in [0.15, 0.2) is 5.11 Å². The van der Waals surface area contributed by atoms with Gasteiger partial charge in [0.2, 0.25) is 0 Å². The minimum absolute atomic E-state index is 0. The minimum atomic E-state index is -0.550. The SMILES string of the molecule is COc1ccc(OC)c(C2NC(=S)NC(C)=C2C(=O)OCCOc2ccccc2)c1.Cl. The van der Waals surface area contributed by atoms with Crippen LogP contribution in [0.4, 0.5) is 0 Å². The van der Waals surface area contributed by atoms with E-state index in [-0.39, 0.29) is 25.6 Å². The van der Waals surface area contributed by atoms with Crippen LogP contribution in [0.5, 0.6) is 17.2 Å². The van der Waals surface area contributed by atoms with Crippen LogP contribution in [0.1, 0.15) is 18.5 Å². The molecule has 0 aromatic heterocycles. The molecule has 0 saturated carbocycles. The highest BCUT2D eigenvalue weighted by molar-refractivity contribution is 7.80. The molecule has 9 heteroatoms. The number of nitrogens with one attached hydrogen (secondary N) is 2. The molecule has 0 fully saturated rings. The molecule has 1 atom stereocenters. The molecular weight excluding hydrogens is 440 g/mol. The van der Waals surface area contributed by atoms with Gasteiger partial charge in [-0.15, -0.1) is 12.4 Å². The number of esters is 1. The smallest absolute Gasteiger partial charge is 0.338 e. The van der Waals surface area contributed by atoms with Crippen LogP contribution in [0.25, 0.3) is 0 Å². The van der Waals surface area contributed by atoms with Gasteiger partial charge in [0.05, 0.1) is 25.8 Å². The molecule has 1 unspecified atom stereocenters. The van der Waals surface area contributed by atoms with E-state index in [0.717, 1.165) is 0 Å². The zero-order valence-electron chi connectivity index (χ0n) is 17.5. The summed E-state index contributed by atoms with van der Waals surface area (Å²) < 4.78 is 21.9. The standard InChI is InChI=1S/C22H24N2O5S.ClH/c1-14-19(21(25)29-12-11-28-15-7-5-4-6-8-15)20(24-22(30)23-14)17-13-16(26-2)9-10-18(17)27-3;/h4-10,13,20H,11-12H2,1-3H3,(H2,23,24,30);1H. The van der Waals surface area contributed by atoms with Crippen molar-refractivity contribution in [1.82, 2.24) is 10.6 Å². The van der Waals surface area contributed by atoms with Gasteiger partial charge < -0.3 is 29.6 Å². The zero-order valence-corrected chi connectivity index (χ0v) is 19.1. The lowest BCUT2D eigenvalue weighted by Crippen LogP contribution is -2.45. The summed E-state index contributed by atoms with van der Waals surface area (Å²) in [5.41, 5.74) is 1.74. The summed E-state index contributed by atoms with van der Waals surface area (Å²) in [6.45, 7) is 2.13. The highest BCUT2D eigenvalue weighted by atomic mass is 35.5. The zero-order chi connectivity index (χ0) is 21.5. The molecule has 0 radical (unpaired) electrons. The molecule has 166 valence electrons. The Labute approximate surface area is 193 Å². The van der Waals surface area contributed by atoms with Crippen molar-refractivity contribution in [3.8, 4) is 17.2 Å². The third-order valence-electron chi connectivity index (χ3n) is 4.57. The summed E-state index contributed by atoms with van der Waals surface area (Å²) >= 11 is 5.30. The molecule has 0 amide bonds. The van der Waals surface area contributed by atoms with Crippen molar-refractivity contribution in [2.45, 2.75) is 13.0 Å². The molecule has 7 nitrogen and oxygen atoms in total. The molecule has 0 bridgehead atoms. The fourth-order valence-electron chi connectivity index (χ4n) is 3.15. The van der Waals surface area contributed by atoms with Crippen molar-refractivity contribution in [2.24, 2.45) is 0 Å². The number of halogens is 1. The number of hydrogen-bond acceptors (Lipinski definition) is 6. The number of rotatable bonds is 8. The molecule has 1 aliphatic heterocycles. The van der Waals surface area contributed by atoms with E-state index in [1.54, 1.807) is 33.3 Å². The first kappa shape index (κ1) is 24.3. The van der Waals surface area contributed by atoms with E-state index in [4.69, 9.17) is 31.2 Å². The summed E-state index contributed by atoms with van der Waals surface area (Å²) in [5.74, 6) is 1.48. The lowest BCUT2D eigenvalue weighted by atomic mass is 9.94. The predicted octanol–water partition coefficient (Wildman–Crippen LogP) is 3.54. The van der Waals surface area contributed by atoms with Crippen LogP contribution in [-0.4, -0.2) is 38.5 Å². The summed E-state index contributed by atoms with van der Waals surface area (Å²) in [5, 5.41) is 6.53. The van der Waals surface area contributed by atoms with E-state index < -0.39 is 12.0 Å². The summed E-state index contributed by atoms with van der Waals surface area (Å²) in [6, 6.07) is 14.2. The number of benzene rings is 2. The highest BCUT2D eigenvalue weighted by Crippen LogP contribution is 2.35. The van der Waals surface area contributed by atoms with Crippen LogP contribution in [0.2, 0.25) is 0 Å². The number of carbonyl (C=O) groups is 1. The molecule has 2 aromatic rings. The van der Waals surface area contributed by atoms with Crippen LogP contribution in [-0.2, 0) is 9.53 Å². The topological polar surface area (TPSA) is 78.1 Å². The van der Waals surface area contributed by atoms with E-state index in [1.807, 2.05) is 36.4 Å². The normalized spacial score (nSPS) is 15.2. The molecule has 0 spiro atoms. The number of carbonyl (C=O) groups excluding carboxylic acids is 1. The van der Waals surface area contributed by atoms with E-state index in [0.29, 0.717) is 39.2 Å². The second-order valence-electron chi connectivity index (χ2n) is 6.48. The summed E-state index contributed by atoms with van der Waals surface area (Å²) in [7, 11) is 3.15. The van der Waals surface area contributed by atoms with E-state index in [1.165, 1.54) is 0 Å². The maximum absolute atomic E-state index is 12.9. The van der Waals surface area contributed by atoms with Crippen molar-refractivity contribution < 1.29 is 23.7 Å². The number of ether oxygens (including phenoxy) is 4. The first-order valence-electron chi connectivity index (χ1n) is 9.38. The summed E-state index contributed by atoms with van der Waals surface area (Å²) in [6.07, 6.45) is 0. The molecule has 3 rings (SSSR count). The van der Waals surface area contributed by atoms with Gasteiger partial charge in [-0.1, -0.05) is 18.2 Å². The Morgan fingerprint density at radius 1 is 1.03 bits per heavy atom. The Morgan fingerprint density at radius 3 is 2.45 bits per heavy atom. The van der Waals surface area contributed by atoms with Crippen molar-refractivity contribution in [3.63, 3.8) is 0 Å². The third-order valence-corrected chi connectivity index (χ3v) is 4.79. The van der Waals surface area contributed by atoms with Crippen molar-refractivity contribution >= 4 is 35.7 Å². The van der Waals surface area contributed by atoms with Crippen molar-refractivity contribution in [3.05, 3.63) is 65.4 Å². The Bertz CT molecular complexity index is 952. The number of methoxy groups -OCH3 is 2. The van der Waals surface area contributed by atoms with Gasteiger partial charge in [0, 0.05) is 11.3 Å². The van der Waals surface area contributed by atoms with Crippen LogP contribution in [0, 0.1) is 0 Å². The molecule has 1 aliphatic rings. The van der Waals surface area contributed by atoms with E-state index in [9.17, 15) is 4.79 Å². The number of para-hydroxylation sites is 1. The van der Waals surface area contributed by atoms with Crippen molar-refractivity contribution in [2.75, 3.05) is 27.4 Å². The molecular formula is C22H25ClN2O5S. The van der Waals surface area contributed by atoms with Crippen LogP contribution in [0.15, 0.2) is 59.8 Å². The summed E-state index contributed by atoms with van der Waals surface area (Å²) in [4.78, 5) is 12.9. The van der Waals surface area contributed by atoms with Crippen LogP contribution >= 0.6 is 24.6 Å². The molecule has 0 aliphatic carbocycles. The van der Waals surface area contributed by atoms with Gasteiger partial charge >= 0.3 is 5.97 Å². The monoisotopic (exact) mass is 464 g/mol. The van der Waals surface area contributed by atoms with Gasteiger partial charge in [-0.05, 0) is 49.5 Å². The lowest BCUT2D eigenvalue weighted by molar-refractivity contribution is -0.140. The van der Waals surface area contributed by atoms with E-state index in [2.05, 4.69) is 10.6 Å². The van der Waals surface area contributed by atoms with Gasteiger partial charge in [-0.2, -0.15) is 0 Å². The fourth-order valence-corrected chi connectivity index (χ4v) is 3.42. The van der Waals surface area contributed by atoms with E-state index >= 15 is 0 Å². The highest BCUT2D eigenvalue weighted by Gasteiger charge is 2.33. The first-order valence-corrected chi connectivity index (χ1v) is 9.79. The quantitative estimate of drug-likeness (QED) is 0.349. The van der Waals surface area contributed by atoms with Gasteiger partial charge in [0.25, 0.3) is 0 Å². The van der Waals surface area contributed by atoms with Crippen LogP contribution in [0.3, 0.4) is 0 Å². The number of thiocarbonyl (C=S) groups is 1. The Balaban J connectivity index is 0.00000341. The van der Waals surface area contributed by atoms with Crippen molar-refractivity contribution in [1.29, 1.82) is 0 Å². The average molecular weight is 465 g/mol. The fraction of sp³-hybridized carbons (Fsp3) is 0.273. The maximum atomic E-state index is 12.9. The minimum Gasteiger partial charge on any atom is -0.497 e. The average Bonchev–Trinajstić information content (AvgIpc) is 2.76. The predicted molar refractivity (Wildman–Crippen MR) is 124 cm³/mol. The largest absolute Gasteiger partial charge is 0.497 e. The Kier molecular flexibility index (Phi) is 8.96. The maximum Gasteiger partial charge on any atom is 0.338 e. The first-order chi connectivity index (χ1) is 14.5. The Hall–Kier alpha value is -2.97. The van der Waals surface area contributed by atoms with Gasteiger partial charge in [0.1, 0.15) is 30.5 Å². The molecule has 31 heavy (non-hydrogen) atoms. The number of allylic oxidation sites excluding steroid dienone is 1.